The second-order valence-corrected chi connectivity index (χ2v) is 11.6. The highest BCUT2D eigenvalue weighted by atomic mass is 32.2. The van der Waals surface area contributed by atoms with Crippen molar-refractivity contribution in [1.29, 1.82) is 0 Å². The Bertz CT molecular complexity index is 1470. The number of nitrogens with one attached hydrogen (secondary N) is 2. The van der Waals surface area contributed by atoms with Crippen molar-refractivity contribution in [2.24, 2.45) is 5.10 Å². The lowest BCUT2D eigenvalue weighted by molar-refractivity contribution is -0.123. The number of hydrogen-bond donors (Lipinski definition) is 2. The van der Waals surface area contributed by atoms with Gasteiger partial charge in [0.15, 0.2) is 6.61 Å². The Hall–Kier alpha value is -4.22. The zero-order valence-electron chi connectivity index (χ0n) is 23.1. The summed E-state index contributed by atoms with van der Waals surface area (Å²) in [7, 11) is -4.02. The molecular weight excluding hydrogens is 544 g/mol. The monoisotopic (exact) mass is 578 g/mol. The van der Waals surface area contributed by atoms with Gasteiger partial charge in [-0.15, -0.1) is 0 Å². The molecule has 11 heteroatoms. The Balaban J connectivity index is 1.34. The van der Waals surface area contributed by atoms with Crippen LogP contribution in [-0.2, 0) is 24.3 Å². The van der Waals surface area contributed by atoms with E-state index in [0.717, 1.165) is 29.3 Å². The molecule has 1 aliphatic heterocycles. The third kappa shape index (κ3) is 8.38. The predicted molar refractivity (Wildman–Crippen MR) is 157 cm³/mol. The summed E-state index contributed by atoms with van der Waals surface area (Å²) in [5.41, 5.74) is 5.08. The van der Waals surface area contributed by atoms with Crippen LogP contribution in [0.15, 0.2) is 82.8 Å². The van der Waals surface area contributed by atoms with Gasteiger partial charge in [-0.1, -0.05) is 30.3 Å². The zero-order valence-corrected chi connectivity index (χ0v) is 23.9. The van der Waals surface area contributed by atoms with E-state index in [-0.39, 0.29) is 23.5 Å². The molecule has 0 bridgehead atoms. The lowest BCUT2D eigenvalue weighted by Gasteiger charge is -2.25. The van der Waals surface area contributed by atoms with Crippen molar-refractivity contribution in [3.63, 3.8) is 0 Å². The van der Waals surface area contributed by atoms with Crippen LogP contribution in [0.4, 0.5) is 5.69 Å². The number of rotatable bonds is 12. The van der Waals surface area contributed by atoms with Gasteiger partial charge in [0.05, 0.1) is 22.9 Å². The second kappa shape index (κ2) is 13.9. The third-order valence-electron chi connectivity index (χ3n) is 6.46. The number of carbonyl (C=O) groups excluding carboxylic acids is 2. The van der Waals surface area contributed by atoms with Gasteiger partial charge < -0.3 is 14.8 Å². The van der Waals surface area contributed by atoms with E-state index in [1.165, 1.54) is 18.3 Å². The van der Waals surface area contributed by atoms with Gasteiger partial charge in [0, 0.05) is 13.2 Å². The van der Waals surface area contributed by atoms with Gasteiger partial charge in [0.1, 0.15) is 12.3 Å². The topological polar surface area (TPSA) is 126 Å². The minimum atomic E-state index is -4.02. The molecule has 2 amide bonds. The Kier molecular flexibility index (Phi) is 10.1. The summed E-state index contributed by atoms with van der Waals surface area (Å²) in [6, 6.07) is 20.2. The van der Waals surface area contributed by atoms with Crippen LogP contribution in [0, 0.1) is 13.8 Å². The van der Waals surface area contributed by atoms with E-state index < -0.39 is 22.5 Å². The fraction of sp³-hybridized carbons (Fsp3) is 0.300. The van der Waals surface area contributed by atoms with Crippen molar-refractivity contribution in [3.05, 3.63) is 89.5 Å². The number of anilines is 1. The molecule has 1 aliphatic rings. The number of sulfonamides is 1. The average molecular weight is 579 g/mol. The number of hydrogen-bond acceptors (Lipinski definition) is 7. The van der Waals surface area contributed by atoms with E-state index in [9.17, 15) is 18.0 Å². The van der Waals surface area contributed by atoms with Gasteiger partial charge in [-0.2, -0.15) is 5.10 Å². The lowest BCUT2D eigenvalue weighted by atomic mass is 10.1. The van der Waals surface area contributed by atoms with E-state index >= 15 is 0 Å². The number of benzene rings is 3. The van der Waals surface area contributed by atoms with Crippen molar-refractivity contribution in [3.8, 4) is 5.75 Å². The van der Waals surface area contributed by atoms with Crippen molar-refractivity contribution in [2.45, 2.75) is 37.7 Å². The molecule has 10 nitrogen and oxygen atoms in total. The van der Waals surface area contributed by atoms with Crippen molar-refractivity contribution in [2.75, 3.05) is 30.6 Å². The second-order valence-electron chi connectivity index (χ2n) is 9.70. The summed E-state index contributed by atoms with van der Waals surface area (Å²) >= 11 is 0. The minimum Gasteiger partial charge on any atom is -0.484 e. The number of amides is 2. The van der Waals surface area contributed by atoms with Crippen LogP contribution in [0.5, 0.6) is 5.75 Å². The van der Waals surface area contributed by atoms with E-state index in [4.69, 9.17) is 9.47 Å². The first kappa shape index (κ1) is 29.8. The van der Waals surface area contributed by atoms with Crippen LogP contribution in [0.3, 0.4) is 0 Å². The molecule has 3 aromatic carbocycles. The van der Waals surface area contributed by atoms with Gasteiger partial charge in [0.2, 0.25) is 0 Å². The summed E-state index contributed by atoms with van der Waals surface area (Å²) < 4.78 is 39.1. The molecule has 4 rings (SSSR count). The SMILES string of the molecule is Cc1ccc(C)c(N(CC(=O)N/N=C\c2ccc(OCC(=O)NC[C@H]3CCCO3)cc2)S(=O)(=O)c2ccccc2)c1. The molecule has 0 unspecified atom stereocenters. The first-order chi connectivity index (χ1) is 19.7. The van der Waals surface area contributed by atoms with E-state index in [0.29, 0.717) is 29.1 Å². The molecular formula is C30H34N4O6S. The zero-order chi connectivity index (χ0) is 29.2. The van der Waals surface area contributed by atoms with Crippen LogP contribution >= 0.6 is 0 Å². The van der Waals surface area contributed by atoms with E-state index in [1.54, 1.807) is 55.5 Å². The third-order valence-corrected chi connectivity index (χ3v) is 8.23. The van der Waals surface area contributed by atoms with Gasteiger partial charge >= 0.3 is 0 Å². The predicted octanol–water partition coefficient (Wildman–Crippen LogP) is 3.32. The highest BCUT2D eigenvalue weighted by molar-refractivity contribution is 7.92. The number of hydrazone groups is 1. The molecule has 1 fully saturated rings. The number of carbonyl (C=O) groups is 2. The van der Waals surface area contributed by atoms with Gasteiger partial charge in [-0.25, -0.2) is 13.8 Å². The fourth-order valence-corrected chi connectivity index (χ4v) is 5.73. The van der Waals surface area contributed by atoms with Gasteiger partial charge in [0.25, 0.3) is 21.8 Å². The fourth-order valence-electron chi connectivity index (χ4n) is 4.24. The molecule has 0 spiro atoms. The van der Waals surface area contributed by atoms with Gasteiger partial charge in [-0.3, -0.25) is 13.9 Å². The highest BCUT2D eigenvalue weighted by Crippen LogP contribution is 2.27. The molecule has 1 atom stereocenters. The van der Waals surface area contributed by atoms with Crippen LogP contribution in [0.1, 0.15) is 29.5 Å². The molecule has 41 heavy (non-hydrogen) atoms. The highest BCUT2D eigenvalue weighted by Gasteiger charge is 2.28. The quantitative estimate of drug-likeness (QED) is 0.251. The number of ether oxygens (including phenoxy) is 2. The normalized spacial score (nSPS) is 15.0. The summed E-state index contributed by atoms with van der Waals surface area (Å²) in [5, 5.41) is 6.79. The lowest BCUT2D eigenvalue weighted by Crippen LogP contribution is -2.40. The standard InChI is InChI=1S/C30H34N4O6S/c1-22-10-11-23(2)28(17-22)34(41(37,38)27-8-4-3-5-9-27)20-29(35)33-32-18-24-12-14-25(15-13-24)40-21-30(36)31-19-26-7-6-16-39-26/h3-5,8-15,17-18,26H,6-7,16,19-21H2,1-2H3,(H,31,36)(H,33,35)/b32-18-/t26-/m1/s1. The first-order valence-corrected chi connectivity index (χ1v) is 14.7. The summed E-state index contributed by atoms with van der Waals surface area (Å²) in [6.07, 6.45) is 3.46. The first-order valence-electron chi connectivity index (χ1n) is 13.3. The van der Waals surface area contributed by atoms with Crippen LogP contribution in [0.2, 0.25) is 0 Å². The average Bonchev–Trinajstić information content (AvgIpc) is 3.50. The molecule has 3 aromatic rings. The summed E-state index contributed by atoms with van der Waals surface area (Å²) in [4.78, 5) is 24.9. The van der Waals surface area contributed by atoms with Crippen molar-refractivity contribution < 1.29 is 27.5 Å². The maximum absolute atomic E-state index is 13.5. The van der Waals surface area contributed by atoms with Crippen LogP contribution < -0.4 is 19.8 Å². The molecule has 1 saturated heterocycles. The molecule has 0 radical (unpaired) electrons. The number of nitrogens with zero attached hydrogens (tertiary/aromatic N) is 2. The Labute approximate surface area is 240 Å². The van der Waals surface area contributed by atoms with Crippen molar-refractivity contribution in [1.82, 2.24) is 10.7 Å². The molecule has 0 aromatic heterocycles. The van der Waals surface area contributed by atoms with E-state index in [1.807, 2.05) is 19.1 Å². The molecule has 2 N–H and O–H groups in total. The molecule has 0 saturated carbocycles. The molecule has 0 aliphatic carbocycles. The minimum absolute atomic E-state index is 0.0704. The summed E-state index contributed by atoms with van der Waals surface area (Å²) in [5.74, 6) is -0.317. The molecule has 1 heterocycles. The Morgan fingerprint density at radius 3 is 2.51 bits per heavy atom. The maximum atomic E-state index is 13.5. The van der Waals surface area contributed by atoms with Crippen molar-refractivity contribution >= 4 is 33.7 Å². The number of aryl methyl sites for hydroxylation is 2. The van der Waals surface area contributed by atoms with Crippen LogP contribution in [0.25, 0.3) is 0 Å². The maximum Gasteiger partial charge on any atom is 0.264 e. The smallest absolute Gasteiger partial charge is 0.264 e. The van der Waals surface area contributed by atoms with Gasteiger partial charge in [-0.05, 0) is 85.8 Å². The van der Waals surface area contributed by atoms with Crippen LogP contribution in [-0.4, -0.2) is 58.9 Å². The largest absolute Gasteiger partial charge is 0.484 e. The van der Waals surface area contributed by atoms with E-state index in [2.05, 4.69) is 15.8 Å². The summed E-state index contributed by atoms with van der Waals surface area (Å²) in [6.45, 7) is 4.30. The Morgan fingerprint density at radius 1 is 1.05 bits per heavy atom. The Morgan fingerprint density at radius 2 is 1.80 bits per heavy atom. The molecule has 216 valence electrons.